The van der Waals surface area contributed by atoms with Crippen molar-refractivity contribution in [2.24, 2.45) is 0 Å². The number of amides is 1. The van der Waals surface area contributed by atoms with Crippen LogP contribution in [0.2, 0.25) is 5.02 Å². The number of hydrogen-bond acceptors (Lipinski definition) is 12. The summed E-state index contributed by atoms with van der Waals surface area (Å²) in [5, 5.41) is 40.4. The summed E-state index contributed by atoms with van der Waals surface area (Å²) in [6.07, 6.45) is 4.09. The van der Waals surface area contributed by atoms with Crippen LogP contribution >= 0.6 is 23.4 Å². The number of H-pyrrole nitrogens is 1. The smallest absolute Gasteiger partial charge is 0.335 e. The number of aliphatic hydroxyl groups excluding tert-OH is 2. The molecule has 0 aliphatic carbocycles. The molecule has 1 amide bonds. The summed E-state index contributed by atoms with van der Waals surface area (Å²) in [5.41, 5.74) is 3.42. The van der Waals surface area contributed by atoms with E-state index >= 15 is 0 Å². The van der Waals surface area contributed by atoms with Crippen molar-refractivity contribution in [1.82, 2.24) is 39.5 Å². The quantitative estimate of drug-likeness (QED) is 0.0623. The van der Waals surface area contributed by atoms with Crippen LogP contribution < -0.4 is 5.56 Å². The molecule has 2 aromatic carbocycles. The highest BCUT2D eigenvalue weighted by Gasteiger charge is 2.29. The summed E-state index contributed by atoms with van der Waals surface area (Å²) < 4.78 is 15.3. The fraction of sp³-hybridized carbons (Fsp3) is 0.333. The van der Waals surface area contributed by atoms with E-state index in [4.69, 9.17) is 32.0 Å². The standard InChI is InChI=1S/C35H38ClFN8O2S.C4H6O6/c1-4-43(5-2)14-15-44(20-26-16-38-33(39-17-26)27-8-10-29(36)11-9-27)32(46)22-45-21-31(24(3)28-18-40-41-19-28)34(47)42-35(45)48-23-25-6-12-30(37)13-7-25;5-1(3(7)8)2(6)4(9)10/h6-13,16-19,21,24H,4-5,14-15,20,22-23H2,1-3H3,(H,40,41);1-2,5-6H,(H,7,8)(H,9,10). The molecule has 5 aromatic rings. The first-order chi connectivity index (χ1) is 27.7. The minimum Gasteiger partial charge on any atom is -0.479 e. The average Bonchev–Trinajstić information content (AvgIpc) is 3.77. The van der Waals surface area contributed by atoms with Gasteiger partial charge in [0.1, 0.15) is 12.4 Å². The Hall–Kier alpha value is -5.53. The molecule has 3 aromatic heterocycles. The number of nitrogens with zero attached hydrogens (tertiary/aromatic N) is 7. The topological polar surface area (TPSA) is 228 Å². The molecular weight excluding hydrogens is 795 g/mol. The number of rotatable bonds is 18. The zero-order valence-electron chi connectivity index (χ0n) is 31.9. The summed E-state index contributed by atoms with van der Waals surface area (Å²) in [6.45, 7) is 9.28. The van der Waals surface area contributed by atoms with E-state index in [-0.39, 0.29) is 29.7 Å². The molecular formula is C39H44ClFN8O8S. The Morgan fingerprint density at radius 3 is 2.09 bits per heavy atom. The molecule has 0 aliphatic heterocycles. The molecule has 3 atom stereocenters. The predicted molar refractivity (Wildman–Crippen MR) is 214 cm³/mol. The van der Waals surface area contributed by atoms with Crippen LogP contribution in [0.25, 0.3) is 11.4 Å². The van der Waals surface area contributed by atoms with Gasteiger partial charge in [0.2, 0.25) is 5.91 Å². The SMILES string of the molecule is CCN(CC)CCN(Cc1cnc(-c2ccc(Cl)cc2)nc1)C(=O)Cn1cc(C(C)c2cn[nH]c2)c(=O)nc1SCc1ccc(F)cc1.O=C(O)C(O)C(O)C(=O)O. The van der Waals surface area contributed by atoms with Crippen molar-refractivity contribution in [1.29, 1.82) is 0 Å². The summed E-state index contributed by atoms with van der Waals surface area (Å²) in [7, 11) is 0. The zero-order chi connectivity index (χ0) is 42.4. The fourth-order valence-electron chi connectivity index (χ4n) is 5.44. The van der Waals surface area contributed by atoms with Gasteiger partial charge in [0.05, 0.1) is 6.20 Å². The van der Waals surface area contributed by atoms with Crippen LogP contribution in [0.5, 0.6) is 0 Å². The minimum atomic E-state index is -2.27. The lowest BCUT2D eigenvalue weighted by atomic mass is 9.98. The summed E-state index contributed by atoms with van der Waals surface area (Å²) >= 11 is 7.36. The second-order valence-corrected chi connectivity index (χ2v) is 14.3. The highest BCUT2D eigenvalue weighted by molar-refractivity contribution is 7.98. The third-order valence-corrected chi connectivity index (χ3v) is 10.3. The predicted octanol–water partition coefficient (Wildman–Crippen LogP) is 3.91. The Morgan fingerprint density at radius 1 is 0.914 bits per heavy atom. The number of carboxylic acid groups (broad SMARTS) is 2. The average molecular weight is 839 g/mol. The van der Waals surface area contributed by atoms with Gasteiger partial charge < -0.3 is 34.8 Å². The number of thioether (sulfide) groups is 1. The highest BCUT2D eigenvalue weighted by atomic mass is 35.5. The Bertz CT molecular complexity index is 2140. The van der Waals surface area contributed by atoms with Crippen LogP contribution in [-0.4, -0.2) is 116 Å². The molecule has 0 radical (unpaired) electrons. The van der Waals surface area contributed by atoms with Crippen LogP contribution in [0, 0.1) is 5.82 Å². The first kappa shape index (κ1) is 45.2. The number of nitrogens with one attached hydrogen (secondary N) is 1. The van der Waals surface area contributed by atoms with E-state index in [0.717, 1.165) is 35.3 Å². The minimum absolute atomic E-state index is 0.0356. The molecule has 19 heteroatoms. The summed E-state index contributed by atoms with van der Waals surface area (Å²) in [6, 6.07) is 13.5. The van der Waals surface area contributed by atoms with Gasteiger partial charge in [-0.2, -0.15) is 10.1 Å². The molecule has 0 aliphatic rings. The fourth-order valence-corrected chi connectivity index (χ4v) is 6.48. The van der Waals surface area contributed by atoms with Crippen LogP contribution in [0.1, 0.15) is 48.9 Å². The molecule has 0 bridgehead atoms. The number of halogens is 2. The van der Waals surface area contributed by atoms with E-state index in [1.54, 1.807) is 64.7 Å². The van der Waals surface area contributed by atoms with E-state index in [2.05, 4.69) is 43.9 Å². The number of aliphatic hydroxyl groups is 2. The van der Waals surface area contributed by atoms with Gasteiger partial charge in [-0.15, -0.1) is 0 Å². The maximum absolute atomic E-state index is 14.1. The van der Waals surface area contributed by atoms with E-state index < -0.39 is 24.1 Å². The lowest BCUT2D eigenvalue weighted by Crippen LogP contribution is -2.40. The van der Waals surface area contributed by atoms with Crippen molar-refractivity contribution in [3.8, 4) is 11.4 Å². The number of carbonyl (C=O) groups is 3. The van der Waals surface area contributed by atoms with Crippen molar-refractivity contribution in [3.63, 3.8) is 0 Å². The Morgan fingerprint density at radius 2 is 1.53 bits per heavy atom. The lowest BCUT2D eigenvalue weighted by molar-refractivity contribution is -0.165. The Labute approximate surface area is 342 Å². The summed E-state index contributed by atoms with van der Waals surface area (Å²) in [5.74, 6) is -3.28. The highest BCUT2D eigenvalue weighted by Crippen LogP contribution is 2.25. The van der Waals surface area contributed by atoms with Gasteiger partial charge in [0.25, 0.3) is 5.56 Å². The number of hydrogen-bond donors (Lipinski definition) is 5. The first-order valence-electron chi connectivity index (χ1n) is 18.1. The molecule has 3 heterocycles. The van der Waals surface area contributed by atoms with Gasteiger partial charge in [0, 0.05) is 77.8 Å². The largest absolute Gasteiger partial charge is 0.479 e. The van der Waals surface area contributed by atoms with Crippen molar-refractivity contribution < 1.29 is 39.2 Å². The number of aliphatic carboxylic acids is 2. The second-order valence-electron chi connectivity index (χ2n) is 12.9. The monoisotopic (exact) mass is 838 g/mol. The molecule has 0 saturated carbocycles. The molecule has 58 heavy (non-hydrogen) atoms. The van der Waals surface area contributed by atoms with Gasteiger partial charge in [-0.25, -0.2) is 23.9 Å². The van der Waals surface area contributed by atoms with Gasteiger partial charge in [-0.3, -0.25) is 14.7 Å². The van der Waals surface area contributed by atoms with Crippen molar-refractivity contribution >= 4 is 41.2 Å². The maximum atomic E-state index is 14.1. The molecule has 0 spiro atoms. The molecule has 16 nitrogen and oxygen atoms in total. The van der Waals surface area contributed by atoms with Gasteiger partial charge >= 0.3 is 11.9 Å². The third kappa shape index (κ3) is 13.0. The van der Waals surface area contributed by atoms with Crippen molar-refractivity contribution in [2.45, 2.75) is 62.9 Å². The molecule has 0 fully saturated rings. The normalized spacial score (nSPS) is 12.6. The maximum Gasteiger partial charge on any atom is 0.335 e. The second kappa shape index (κ2) is 21.8. The van der Waals surface area contributed by atoms with Gasteiger partial charge in [-0.05, 0) is 60.6 Å². The van der Waals surface area contributed by atoms with Gasteiger partial charge in [0.15, 0.2) is 23.2 Å². The van der Waals surface area contributed by atoms with E-state index in [1.165, 1.54) is 23.9 Å². The number of likely N-dealkylation sites (N-methyl/N-ethyl adjacent to an activating group) is 1. The third-order valence-electron chi connectivity index (χ3n) is 8.98. The Balaban J connectivity index is 0.000000657. The number of benzene rings is 2. The summed E-state index contributed by atoms with van der Waals surface area (Å²) in [4.78, 5) is 64.6. The number of carbonyl (C=O) groups excluding carboxylic acids is 1. The van der Waals surface area contributed by atoms with Crippen molar-refractivity contribution in [3.05, 3.63) is 123 Å². The molecule has 308 valence electrons. The molecule has 5 N–H and O–H groups in total. The number of carboxylic acids is 2. The van der Waals surface area contributed by atoms with Crippen LogP contribution in [0.4, 0.5) is 4.39 Å². The van der Waals surface area contributed by atoms with Crippen molar-refractivity contribution in [2.75, 3.05) is 26.2 Å². The van der Waals surface area contributed by atoms with E-state index in [1.807, 2.05) is 19.1 Å². The molecule has 0 saturated heterocycles. The van der Waals surface area contributed by atoms with Gasteiger partial charge in [-0.1, -0.05) is 56.3 Å². The molecule has 3 unspecified atom stereocenters. The molecule has 5 rings (SSSR count). The Kier molecular flexibility index (Phi) is 17.0. The lowest BCUT2D eigenvalue weighted by Gasteiger charge is -2.27. The van der Waals surface area contributed by atoms with Crippen LogP contribution in [0.3, 0.4) is 0 Å². The van der Waals surface area contributed by atoms with Crippen LogP contribution in [0.15, 0.2) is 89.5 Å². The number of aromatic amines is 1. The first-order valence-corrected chi connectivity index (χ1v) is 19.4. The zero-order valence-corrected chi connectivity index (χ0v) is 33.5. The number of aromatic nitrogens is 6. The van der Waals surface area contributed by atoms with E-state index in [9.17, 15) is 23.6 Å². The van der Waals surface area contributed by atoms with E-state index in [0.29, 0.717) is 47.0 Å². The van der Waals surface area contributed by atoms with Crippen LogP contribution in [-0.2, 0) is 33.2 Å².